The van der Waals surface area contributed by atoms with Gasteiger partial charge in [0.15, 0.2) is 0 Å². The molecule has 8 heteroatoms. The van der Waals surface area contributed by atoms with E-state index in [2.05, 4.69) is 59.5 Å². The smallest absolute Gasteiger partial charge is 0.406 e. The second-order valence-corrected chi connectivity index (χ2v) is 9.72. The fourth-order valence-corrected chi connectivity index (χ4v) is 4.12. The summed E-state index contributed by atoms with van der Waals surface area (Å²) in [6, 6.07) is 0. The van der Waals surface area contributed by atoms with Crippen LogP contribution in [0.5, 0.6) is 0 Å². The Kier molecular flexibility index (Phi) is 24.1. The van der Waals surface area contributed by atoms with Crippen LogP contribution in [0.2, 0.25) is 0 Å². The molecule has 0 aromatic carbocycles. The fourth-order valence-electron chi connectivity index (χ4n) is 4.12. The van der Waals surface area contributed by atoms with Crippen molar-refractivity contribution in [3.05, 3.63) is 72.3 Å². The van der Waals surface area contributed by atoms with E-state index in [1.165, 1.54) is 12.7 Å². The molecule has 236 valence electrons. The van der Waals surface area contributed by atoms with Crippen molar-refractivity contribution in [2.45, 2.75) is 54.4 Å². The van der Waals surface area contributed by atoms with Gasteiger partial charge in [-0.1, -0.05) is 55.2 Å². The number of carboxylic acids is 1. The van der Waals surface area contributed by atoms with Crippen LogP contribution < -0.4 is 5.32 Å². The van der Waals surface area contributed by atoms with Gasteiger partial charge >= 0.3 is 12.1 Å². The van der Waals surface area contributed by atoms with E-state index in [4.69, 9.17) is 14.6 Å². The zero-order chi connectivity index (χ0) is 32.5. The van der Waals surface area contributed by atoms with Gasteiger partial charge in [0.2, 0.25) is 0 Å². The number of piperidine rings is 1. The molecule has 1 aliphatic rings. The van der Waals surface area contributed by atoms with E-state index >= 15 is 0 Å². The number of hydrogen-bond donors (Lipinski definition) is 2. The van der Waals surface area contributed by atoms with Crippen molar-refractivity contribution in [3.8, 4) is 12.3 Å². The lowest BCUT2D eigenvalue weighted by molar-refractivity contribution is -0.132. The minimum absolute atomic E-state index is 0.0208. The number of aliphatic carboxylic acids is 1. The number of carbonyl (C=O) groups is 2. The van der Waals surface area contributed by atoms with Crippen LogP contribution in [-0.2, 0) is 19.0 Å². The number of rotatable bonds is 14. The van der Waals surface area contributed by atoms with Gasteiger partial charge < -0.3 is 24.6 Å². The maximum atomic E-state index is 11.2. The average molecular weight is 587 g/mol. The number of nitrogens with one attached hydrogen (secondary N) is 1. The summed E-state index contributed by atoms with van der Waals surface area (Å²) >= 11 is 0. The van der Waals surface area contributed by atoms with Crippen molar-refractivity contribution in [2.75, 3.05) is 47.0 Å². The first kappa shape index (κ1) is 40.4. The molecule has 1 rings (SSSR count). The van der Waals surface area contributed by atoms with Crippen molar-refractivity contribution < 1.29 is 28.9 Å². The first-order chi connectivity index (χ1) is 19.9. The normalized spacial score (nSPS) is 15.7. The number of hydrogen-bond acceptors (Lipinski definition) is 6. The van der Waals surface area contributed by atoms with E-state index in [0.717, 1.165) is 38.2 Å². The highest BCUT2D eigenvalue weighted by Crippen LogP contribution is 2.31. The number of terminal acetylenes is 1. The number of alkyl carbamates (subject to hydrolysis) is 1. The maximum Gasteiger partial charge on any atom is 0.406 e. The Morgan fingerprint density at radius 1 is 1.10 bits per heavy atom. The van der Waals surface area contributed by atoms with Crippen molar-refractivity contribution >= 4 is 12.1 Å². The largest absolute Gasteiger partial charge is 0.501 e. The molecule has 1 aliphatic heterocycles. The molecule has 1 heterocycles. The van der Waals surface area contributed by atoms with Crippen LogP contribution in [0.3, 0.4) is 0 Å². The highest BCUT2D eigenvalue weighted by atomic mass is 16.5. The lowest BCUT2D eigenvalue weighted by Gasteiger charge is -2.32. The lowest BCUT2D eigenvalue weighted by atomic mass is 9.87. The van der Waals surface area contributed by atoms with E-state index in [9.17, 15) is 9.59 Å². The van der Waals surface area contributed by atoms with Gasteiger partial charge in [-0.2, -0.15) is 0 Å². The highest BCUT2D eigenvalue weighted by Gasteiger charge is 2.26. The Bertz CT molecular complexity index is 978. The zero-order valence-corrected chi connectivity index (χ0v) is 27.1. The molecule has 1 fully saturated rings. The Labute approximate surface area is 254 Å². The van der Waals surface area contributed by atoms with Crippen LogP contribution in [0, 0.1) is 30.1 Å². The second-order valence-electron chi connectivity index (χ2n) is 9.72. The number of allylic oxidation sites excluding steroid dienone is 6. The summed E-state index contributed by atoms with van der Waals surface area (Å²) in [5.74, 6) is 3.25. The van der Waals surface area contributed by atoms with Gasteiger partial charge in [-0.15, -0.1) is 12.3 Å². The molecule has 0 radical (unpaired) electrons. The summed E-state index contributed by atoms with van der Waals surface area (Å²) in [6.07, 6.45) is 17.7. The van der Waals surface area contributed by atoms with E-state index in [1.54, 1.807) is 39.2 Å². The SMILES string of the molecule is C#CC.C/C=C\C=C(/C)C(=O)O.C=C(OC)C(/C=C(\C)CN1CCC(CNC(=O)OC)CC1)C(/C=C/C)C(=C)OCC. The summed E-state index contributed by atoms with van der Waals surface area (Å²) in [7, 11) is 3.05. The molecule has 0 spiro atoms. The predicted molar refractivity (Wildman–Crippen MR) is 173 cm³/mol. The van der Waals surface area contributed by atoms with Gasteiger partial charge in [-0.25, -0.2) is 9.59 Å². The van der Waals surface area contributed by atoms with Crippen molar-refractivity contribution in [2.24, 2.45) is 17.8 Å². The monoisotopic (exact) mass is 586 g/mol. The first-order valence-electron chi connectivity index (χ1n) is 14.2. The summed E-state index contributed by atoms with van der Waals surface area (Å²) in [4.78, 5) is 23.8. The van der Waals surface area contributed by atoms with Crippen LogP contribution in [0.25, 0.3) is 0 Å². The van der Waals surface area contributed by atoms with Crippen LogP contribution in [0.1, 0.15) is 54.4 Å². The Morgan fingerprint density at radius 2 is 1.69 bits per heavy atom. The van der Waals surface area contributed by atoms with Gasteiger partial charge in [-0.05, 0) is 73.4 Å². The molecule has 2 unspecified atom stereocenters. The topological polar surface area (TPSA) is 97.3 Å². The number of ether oxygens (including phenoxy) is 3. The molecule has 8 nitrogen and oxygen atoms in total. The summed E-state index contributed by atoms with van der Waals surface area (Å²) in [6.45, 7) is 23.6. The number of methoxy groups -OCH3 is 2. The van der Waals surface area contributed by atoms with Crippen molar-refractivity contribution in [1.82, 2.24) is 10.2 Å². The van der Waals surface area contributed by atoms with Crippen LogP contribution in [0.15, 0.2) is 72.3 Å². The minimum atomic E-state index is -0.867. The number of amides is 1. The van der Waals surface area contributed by atoms with Gasteiger partial charge in [-0.3, -0.25) is 4.90 Å². The van der Waals surface area contributed by atoms with Crippen molar-refractivity contribution in [1.29, 1.82) is 0 Å². The van der Waals surface area contributed by atoms with E-state index < -0.39 is 5.97 Å². The molecule has 42 heavy (non-hydrogen) atoms. The third-order valence-electron chi connectivity index (χ3n) is 6.36. The number of carboxylic acid groups (broad SMARTS) is 1. The van der Waals surface area contributed by atoms with Gasteiger partial charge in [0.25, 0.3) is 0 Å². The molecule has 0 aliphatic carbocycles. The second kappa shape index (κ2) is 25.0. The van der Waals surface area contributed by atoms with Gasteiger partial charge in [0, 0.05) is 30.5 Å². The summed E-state index contributed by atoms with van der Waals surface area (Å²) < 4.78 is 15.8. The summed E-state index contributed by atoms with van der Waals surface area (Å²) in [5, 5.41) is 11.1. The molecule has 0 bridgehead atoms. The lowest BCUT2D eigenvalue weighted by Crippen LogP contribution is -2.39. The minimum Gasteiger partial charge on any atom is -0.501 e. The molecule has 2 atom stereocenters. The number of carbonyl (C=O) groups excluding carboxylic acids is 1. The molecule has 0 saturated carbocycles. The predicted octanol–water partition coefficient (Wildman–Crippen LogP) is 6.75. The number of nitrogens with zero attached hydrogens (tertiary/aromatic N) is 1. The van der Waals surface area contributed by atoms with Crippen molar-refractivity contribution in [3.63, 3.8) is 0 Å². The Morgan fingerprint density at radius 3 is 2.14 bits per heavy atom. The fraction of sp³-hybridized carbons (Fsp3) is 0.529. The molecular formula is C34H54N2O6. The zero-order valence-electron chi connectivity index (χ0n) is 27.1. The molecule has 1 amide bonds. The van der Waals surface area contributed by atoms with Crippen LogP contribution in [-0.4, -0.2) is 69.1 Å². The Balaban J connectivity index is 0. The number of likely N-dealkylation sites (tertiary alicyclic amines) is 1. The first-order valence-corrected chi connectivity index (χ1v) is 14.2. The molecular weight excluding hydrogens is 532 g/mol. The van der Waals surface area contributed by atoms with E-state index in [-0.39, 0.29) is 17.9 Å². The average Bonchev–Trinajstić information content (AvgIpc) is 2.97. The van der Waals surface area contributed by atoms with E-state index in [1.807, 2.05) is 26.8 Å². The van der Waals surface area contributed by atoms with Crippen LogP contribution in [0.4, 0.5) is 4.79 Å². The van der Waals surface area contributed by atoms with Gasteiger partial charge in [0.1, 0.15) is 0 Å². The molecule has 0 aromatic heterocycles. The Hall–Kier alpha value is -3.70. The third kappa shape index (κ3) is 18.6. The third-order valence-corrected chi connectivity index (χ3v) is 6.36. The van der Waals surface area contributed by atoms with Gasteiger partial charge in [0.05, 0.1) is 32.3 Å². The molecule has 0 aromatic rings. The van der Waals surface area contributed by atoms with E-state index in [0.29, 0.717) is 30.4 Å². The highest BCUT2D eigenvalue weighted by molar-refractivity contribution is 5.86. The van der Waals surface area contributed by atoms with Crippen LogP contribution >= 0.6 is 0 Å². The maximum absolute atomic E-state index is 11.2. The quantitative estimate of drug-likeness (QED) is 0.0764. The molecule has 2 N–H and O–H groups in total. The molecule has 1 saturated heterocycles. The standard InChI is InChI=1S/C24H40N2O4.C7H10O2.C3H4/c1-8-10-22(20(5)30-9-2)23(19(4)28-6)15-18(3)17-26-13-11-21(12-14-26)16-25-24(27)29-7;1-3-4-5-6(2)7(8)9;1-3-2/h8,10,15,21-23H,4-5,9,11-14,16-17H2,1-3,6-7H3,(H,25,27);3-5H,1-2H3,(H,8,9);1H,2H3/b10-8+,18-15+;4-3-,6-5+;. The summed E-state index contributed by atoms with van der Waals surface area (Å²) in [5.41, 5.74) is 1.62.